The van der Waals surface area contributed by atoms with E-state index in [1.54, 1.807) is 24.3 Å². The van der Waals surface area contributed by atoms with E-state index in [1.165, 1.54) is 22.5 Å². The topological polar surface area (TPSA) is 112 Å². The summed E-state index contributed by atoms with van der Waals surface area (Å²) in [7, 11) is -3.74. The number of fused-ring (bicyclic) bond motifs is 2. The monoisotopic (exact) mass is 513 g/mol. The van der Waals surface area contributed by atoms with Crippen molar-refractivity contribution in [2.45, 2.75) is 37.5 Å². The van der Waals surface area contributed by atoms with Gasteiger partial charge in [0, 0.05) is 36.7 Å². The highest BCUT2D eigenvalue weighted by Crippen LogP contribution is 2.34. The van der Waals surface area contributed by atoms with Gasteiger partial charge in [0.05, 0.1) is 10.8 Å². The van der Waals surface area contributed by atoms with Gasteiger partial charge in [-0.15, -0.1) is 0 Å². The molecule has 0 saturated carbocycles. The summed E-state index contributed by atoms with van der Waals surface area (Å²) < 4.78 is 49.5. The number of carbonyl (C=O) groups excluding carboxylic acids is 1. The summed E-state index contributed by atoms with van der Waals surface area (Å²) in [5.41, 5.74) is 0.825. The van der Waals surface area contributed by atoms with Gasteiger partial charge in [-0.3, -0.25) is 4.79 Å². The Hall–Kier alpha value is -3.37. The standard InChI is InChI=1S/C26H27NO8S/c1-2-3-18-14-25(28)35-23-15-19(4-6-21(18)23)34-26(29)17-8-10-27(11-9-17)36(30,31)20-5-7-22-24(16-20)33-13-12-32-22/h4-7,14-17H,2-3,8-13H2,1H3. The number of ether oxygens (including phenoxy) is 3. The highest BCUT2D eigenvalue weighted by Gasteiger charge is 2.33. The molecule has 10 heteroatoms. The Kier molecular flexibility index (Phi) is 6.72. The third-order valence-corrected chi connectivity index (χ3v) is 8.37. The summed E-state index contributed by atoms with van der Waals surface area (Å²) in [6.45, 7) is 3.22. The van der Waals surface area contributed by atoms with Crippen LogP contribution < -0.4 is 19.8 Å². The van der Waals surface area contributed by atoms with Gasteiger partial charge in [0.15, 0.2) is 11.5 Å². The molecule has 1 aromatic heterocycles. The van der Waals surface area contributed by atoms with Gasteiger partial charge in [0.1, 0.15) is 24.5 Å². The molecule has 1 fully saturated rings. The van der Waals surface area contributed by atoms with Crippen LogP contribution in [0, 0.1) is 5.92 Å². The van der Waals surface area contributed by atoms with Crippen molar-refractivity contribution in [2.24, 2.45) is 5.92 Å². The molecule has 36 heavy (non-hydrogen) atoms. The molecule has 0 N–H and O–H groups in total. The van der Waals surface area contributed by atoms with E-state index < -0.39 is 27.5 Å². The molecule has 2 aliphatic heterocycles. The number of nitrogens with zero attached hydrogens (tertiary/aromatic N) is 1. The molecule has 0 unspecified atom stereocenters. The number of aryl methyl sites for hydroxylation is 1. The Morgan fingerprint density at radius 1 is 1.03 bits per heavy atom. The SMILES string of the molecule is CCCc1cc(=O)oc2cc(OC(=O)C3CCN(S(=O)(=O)c4ccc5c(c4)OCCO5)CC3)ccc12. The molecule has 1 saturated heterocycles. The van der Waals surface area contributed by atoms with Crippen LogP contribution in [0.15, 0.2) is 56.6 Å². The molecule has 0 spiro atoms. The van der Waals surface area contributed by atoms with Crippen LogP contribution in [0.1, 0.15) is 31.7 Å². The minimum atomic E-state index is -3.74. The van der Waals surface area contributed by atoms with E-state index in [0.717, 1.165) is 23.8 Å². The Bertz CT molecular complexity index is 1450. The van der Waals surface area contributed by atoms with Crippen molar-refractivity contribution in [3.63, 3.8) is 0 Å². The third kappa shape index (κ3) is 4.83. The van der Waals surface area contributed by atoms with Gasteiger partial charge in [-0.25, -0.2) is 13.2 Å². The largest absolute Gasteiger partial charge is 0.486 e. The second-order valence-corrected chi connectivity index (χ2v) is 10.8. The Morgan fingerprint density at radius 3 is 2.53 bits per heavy atom. The number of benzene rings is 2. The van der Waals surface area contributed by atoms with Gasteiger partial charge in [-0.1, -0.05) is 13.3 Å². The van der Waals surface area contributed by atoms with Gasteiger partial charge in [0.25, 0.3) is 0 Å². The maximum absolute atomic E-state index is 13.1. The fraction of sp³-hybridized carbons (Fsp3) is 0.385. The fourth-order valence-electron chi connectivity index (χ4n) is 4.61. The lowest BCUT2D eigenvalue weighted by Crippen LogP contribution is -2.41. The number of hydrogen-bond acceptors (Lipinski definition) is 8. The number of piperidine rings is 1. The van der Waals surface area contributed by atoms with Gasteiger partial charge < -0.3 is 18.6 Å². The molecule has 0 aliphatic carbocycles. The first-order valence-electron chi connectivity index (χ1n) is 12.0. The van der Waals surface area contributed by atoms with Crippen molar-refractivity contribution in [2.75, 3.05) is 26.3 Å². The van der Waals surface area contributed by atoms with E-state index in [2.05, 4.69) is 0 Å². The summed E-state index contributed by atoms with van der Waals surface area (Å²) >= 11 is 0. The van der Waals surface area contributed by atoms with Crippen molar-refractivity contribution in [3.8, 4) is 17.2 Å². The third-order valence-electron chi connectivity index (χ3n) is 6.48. The van der Waals surface area contributed by atoms with Crippen molar-refractivity contribution < 1.29 is 31.8 Å². The molecule has 190 valence electrons. The molecule has 2 aromatic carbocycles. The van der Waals surface area contributed by atoms with Crippen LogP contribution in [0.5, 0.6) is 17.2 Å². The summed E-state index contributed by atoms with van der Waals surface area (Å²) in [6, 6.07) is 11.1. The highest BCUT2D eigenvalue weighted by atomic mass is 32.2. The maximum Gasteiger partial charge on any atom is 0.336 e. The number of esters is 1. The lowest BCUT2D eigenvalue weighted by molar-refractivity contribution is -0.140. The predicted molar refractivity (Wildman–Crippen MR) is 131 cm³/mol. The fourth-order valence-corrected chi connectivity index (χ4v) is 6.10. The zero-order chi connectivity index (χ0) is 25.3. The maximum atomic E-state index is 13.1. The quantitative estimate of drug-likeness (QED) is 0.280. The summed E-state index contributed by atoms with van der Waals surface area (Å²) in [5, 5.41) is 0.814. The van der Waals surface area contributed by atoms with Gasteiger partial charge in [0.2, 0.25) is 10.0 Å². The molecule has 2 aliphatic rings. The number of rotatable bonds is 6. The first-order chi connectivity index (χ1) is 17.3. The average Bonchev–Trinajstić information content (AvgIpc) is 2.88. The van der Waals surface area contributed by atoms with Crippen LogP contribution in [-0.4, -0.2) is 45.0 Å². The van der Waals surface area contributed by atoms with E-state index in [9.17, 15) is 18.0 Å². The van der Waals surface area contributed by atoms with Crippen molar-refractivity contribution in [3.05, 3.63) is 58.4 Å². The molecular weight excluding hydrogens is 486 g/mol. The molecule has 9 nitrogen and oxygen atoms in total. The zero-order valence-electron chi connectivity index (χ0n) is 19.9. The number of hydrogen-bond donors (Lipinski definition) is 0. The van der Waals surface area contributed by atoms with Crippen LogP contribution >= 0.6 is 0 Å². The summed E-state index contributed by atoms with van der Waals surface area (Å²) in [4.78, 5) is 24.8. The van der Waals surface area contributed by atoms with Crippen molar-refractivity contribution in [1.29, 1.82) is 0 Å². The van der Waals surface area contributed by atoms with Crippen LogP contribution in [0.25, 0.3) is 11.0 Å². The Balaban J connectivity index is 1.24. The molecule has 0 bridgehead atoms. The van der Waals surface area contributed by atoms with Crippen molar-refractivity contribution in [1.82, 2.24) is 4.31 Å². The first-order valence-corrected chi connectivity index (χ1v) is 13.5. The second-order valence-electron chi connectivity index (χ2n) is 8.90. The van der Waals surface area contributed by atoms with Crippen LogP contribution in [-0.2, 0) is 21.2 Å². The minimum Gasteiger partial charge on any atom is -0.486 e. The normalized spacial score (nSPS) is 16.7. The summed E-state index contributed by atoms with van der Waals surface area (Å²) in [6.07, 6.45) is 2.31. The summed E-state index contributed by atoms with van der Waals surface area (Å²) in [5.74, 6) is 0.351. The minimum absolute atomic E-state index is 0.132. The van der Waals surface area contributed by atoms with Gasteiger partial charge in [-0.2, -0.15) is 4.31 Å². The van der Waals surface area contributed by atoms with E-state index in [-0.39, 0.29) is 23.7 Å². The van der Waals surface area contributed by atoms with E-state index in [1.807, 2.05) is 6.92 Å². The van der Waals surface area contributed by atoms with Crippen LogP contribution in [0.3, 0.4) is 0 Å². The lowest BCUT2D eigenvalue weighted by Gasteiger charge is -2.30. The molecule has 0 amide bonds. The molecule has 3 aromatic rings. The predicted octanol–water partition coefficient (Wildman–Crippen LogP) is 3.52. The Morgan fingerprint density at radius 2 is 1.78 bits per heavy atom. The van der Waals surface area contributed by atoms with Crippen molar-refractivity contribution >= 4 is 27.0 Å². The van der Waals surface area contributed by atoms with E-state index in [0.29, 0.717) is 43.1 Å². The van der Waals surface area contributed by atoms with Gasteiger partial charge >= 0.3 is 11.6 Å². The number of sulfonamides is 1. The molecule has 0 atom stereocenters. The second kappa shape index (κ2) is 9.94. The van der Waals surface area contributed by atoms with E-state index >= 15 is 0 Å². The smallest absolute Gasteiger partial charge is 0.336 e. The number of carbonyl (C=O) groups is 1. The first kappa shape index (κ1) is 24.3. The lowest BCUT2D eigenvalue weighted by atomic mass is 9.98. The molecule has 3 heterocycles. The van der Waals surface area contributed by atoms with E-state index in [4.69, 9.17) is 18.6 Å². The van der Waals surface area contributed by atoms with Crippen LogP contribution in [0.4, 0.5) is 0 Å². The molecular formula is C26H27NO8S. The van der Waals surface area contributed by atoms with Crippen LogP contribution in [0.2, 0.25) is 0 Å². The molecule has 0 radical (unpaired) electrons. The average molecular weight is 514 g/mol. The zero-order valence-corrected chi connectivity index (χ0v) is 20.7. The molecule has 5 rings (SSSR count). The Labute approximate surface area is 208 Å². The highest BCUT2D eigenvalue weighted by molar-refractivity contribution is 7.89. The van der Waals surface area contributed by atoms with Gasteiger partial charge in [-0.05, 0) is 49.1 Å².